The predicted octanol–water partition coefficient (Wildman–Crippen LogP) is 1.07. The second-order valence-corrected chi connectivity index (χ2v) is 5.77. The van der Waals surface area contributed by atoms with Crippen molar-refractivity contribution in [2.45, 2.75) is 18.6 Å². The average molecular weight is 278 g/mol. The fraction of sp³-hybridized carbons (Fsp3) is 0.308. The Morgan fingerprint density at radius 2 is 2.00 bits per heavy atom. The third kappa shape index (κ3) is 4.63. The number of hydrogen-bond donors (Lipinski definition) is 2. The molecule has 0 bridgehead atoms. The first-order chi connectivity index (χ1) is 8.99. The first kappa shape index (κ1) is 15.0. The van der Waals surface area contributed by atoms with Crippen LogP contribution in [0.2, 0.25) is 0 Å². The zero-order valence-corrected chi connectivity index (χ0v) is 11.2. The van der Waals surface area contributed by atoms with Crippen molar-refractivity contribution in [2.24, 2.45) is 0 Å². The van der Waals surface area contributed by atoms with Gasteiger partial charge in [-0.3, -0.25) is 4.72 Å². The van der Waals surface area contributed by atoms with Crippen molar-refractivity contribution < 1.29 is 13.5 Å². The SMILES string of the molecule is CC(C#N)S(=O)(=O)Nc1ccc(C#CCCO)cc1. The number of aliphatic hydroxyl groups excluding tert-OH is 1. The lowest BCUT2D eigenvalue weighted by Crippen LogP contribution is -2.23. The normalized spacial score (nSPS) is 11.8. The summed E-state index contributed by atoms with van der Waals surface area (Å²) in [6, 6.07) is 8.15. The molecule has 0 aliphatic heterocycles. The zero-order chi connectivity index (χ0) is 14.3. The van der Waals surface area contributed by atoms with Crippen LogP contribution < -0.4 is 4.72 Å². The lowest BCUT2D eigenvalue weighted by molar-refractivity contribution is 0.305. The Morgan fingerprint density at radius 1 is 1.37 bits per heavy atom. The Hall–Kier alpha value is -2.02. The van der Waals surface area contributed by atoms with Crippen molar-refractivity contribution in [3.05, 3.63) is 29.8 Å². The van der Waals surface area contributed by atoms with Gasteiger partial charge in [0.1, 0.15) is 0 Å². The molecule has 0 spiro atoms. The van der Waals surface area contributed by atoms with Crippen LogP contribution in [0.4, 0.5) is 5.69 Å². The highest BCUT2D eigenvalue weighted by atomic mass is 32.2. The van der Waals surface area contributed by atoms with Crippen molar-refractivity contribution in [2.75, 3.05) is 11.3 Å². The van der Waals surface area contributed by atoms with E-state index in [2.05, 4.69) is 16.6 Å². The highest BCUT2D eigenvalue weighted by molar-refractivity contribution is 7.93. The zero-order valence-electron chi connectivity index (χ0n) is 10.4. The summed E-state index contributed by atoms with van der Waals surface area (Å²) in [5.74, 6) is 5.59. The van der Waals surface area contributed by atoms with Crippen molar-refractivity contribution in [3.63, 3.8) is 0 Å². The van der Waals surface area contributed by atoms with Crippen LogP contribution >= 0.6 is 0 Å². The van der Waals surface area contributed by atoms with Crippen LogP contribution in [0.5, 0.6) is 0 Å². The second-order valence-electron chi connectivity index (χ2n) is 3.77. The van der Waals surface area contributed by atoms with E-state index >= 15 is 0 Å². The van der Waals surface area contributed by atoms with Crippen LogP contribution in [0.3, 0.4) is 0 Å². The number of aliphatic hydroxyl groups is 1. The lowest BCUT2D eigenvalue weighted by Gasteiger charge is -2.08. The minimum Gasteiger partial charge on any atom is -0.395 e. The Kier molecular flexibility index (Phi) is 5.37. The molecule has 0 heterocycles. The largest absolute Gasteiger partial charge is 0.395 e. The summed E-state index contributed by atoms with van der Waals surface area (Å²) in [5, 5.41) is 16.1. The molecule has 1 unspecified atom stereocenters. The number of nitriles is 1. The molecule has 100 valence electrons. The van der Waals surface area contributed by atoms with E-state index in [-0.39, 0.29) is 6.61 Å². The summed E-state index contributed by atoms with van der Waals surface area (Å²) in [5.41, 5.74) is 1.11. The van der Waals surface area contributed by atoms with Gasteiger partial charge in [0, 0.05) is 17.7 Å². The predicted molar refractivity (Wildman–Crippen MR) is 72.6 cm³/mol. The molecule has 19 heavy (non-hydrogen) atoms. The molecular formula is C13H14N2O3S. The van der Waals surface area contributed by atoms with Gasteiger partial charge < -0.3 is 5.11 Å². The summed E-state index contributed by atoms with van der Waals surface area (Å²) >= 11 is 0. The third-order valence-corrected chi connectivity index (χ3v) is 3.82. The molecule has 0 aliphatic carbocycles. The molecule has 2 N–H and O–H groups in total. The van der Waals surface area contributed by atoms with Crippen molar-refractivity contribution in [1.82, 2.24) is 0 Å². The highest BCUT2D eigenvalue weighted by Gasteiger charge is 2.19. The molecule has 0 radical (unpaired) electrons. The fourth-order valence-corrected chi connectivity index (χ4v) is 1.94. The summed E-state index contributed by atoms with van der Waals surface area (Å²) in [6.45, 7) is 1.33. The molecule has 1 atom stereocenters. The number of benzene rings is 1. The minimum atomic E-state index is -3.68. The van der Waals surface area contributed by atoms with Crippen molar-refractivity contribution >= 4 is 15.7 Å². The molecule has 6 heteroatoms. The van der Waals surface area contributed by atoms with Crippen LogP contribution in [0, 0.1) is 23.2 Å². The third-order valence-electron chi connectivity index (χ3n) is 2.26. The Morgan fingerprint density at radius 3 is 2.53 bits per heavy atom. The Labute approximate surface area is 112 Å². The monoisotopic (exact) mass is 278 g/mol. The Balaban J connectivity index is 2.79. The number of nitrogens with one attached hydrogen (secondary N) is 1. The van der Waals surface area contributed by atoms with E-state index in [1.54, 1.807) is 30.3 Å². The molecule has 0 aliphatic rings. The molecule has 0 fully saturated rings. The maximum atomic E-state index is 11.6. The van der Waals surface area contributed by atoms with Gasteiger partial charge in [-0.1, -0.05) is 11.8 Å². The number of rotatable bonds is 4. The van der Waals surface area contributed by atoms with Crippen LogP contribution in [0.15, 0.2) is 24.3 Å². The van der Waals surface area contributed by atoms with Gasteiger partial charge in [-0.15, -0.1) is 0 Å². The molecule has 1 aromatic carbocycles. The van der Waals surface area contributed by atoms with Gasteiger partial charge in [-0.2, -0.15) is 5.26 Å². The molecule has 0 aromatic heterocycles. The molecular weight excluding hydrogens is 264 g/mol. The van der Waals surface area contributed by atoms with Crippen LogP contribution in [-0.4, -0.2) is 25.4 Å². The minimum absolute atomic E-state index is 0.0108. The van der Waals surface area contributed by atoms with Gasteiger partial charge in [0.25, 0.3) is 0 Å². The van der Waals surface area contributed by atoms with E-state index in [4.69, 9.17) is 10.4 Å². The number of hydrogen-bond acceptors (Lipinski definition) is 4. The molecule has 0 saturated carbocycles. The number of nitrogens with zero attached hydrogens (tertiary/aromatic N) is 1. The topological polar surface area (TPSA) is 90.2 Å². The van der Waals surface area contributed by atoms with Gasteiger partial charge in [0.15, 0.2) is 5.25 Å². The second kappa shape index (κ2) is 6.79. The summed E-state index contributed by atoms with van der Waals surface area (Å²) < 4.78 is 25.6. The highest BCUT2D eigenvalue weighted by Crippen LogP contribution is 2.12. The summed E-state index contributed by atoms with van der Waals surface area (Å²) in [6.07, 6.45) is 0.397. The van der Waals surface area contributed by atoms with E-state index in [0.29, 0.717) is 12.1 Å². The molecule has 0 amide bonds. The Bertz CT molecular complexity index is 619. The number of sulfonamides is 1. The van der Waals surface area contributed by atoms with E-state index in [1.165, 1.54) is 6.92 Å². The van der Waals surface area contributed by atoms with E-state index in [0.717, 1.165) is 5.56 Å². The fourth-order valence-electron chi connectivity index (χ4n) is 1.16. The van der Waals surface area contributed by atoms with Crippen LogP contribution in [0.25, 0.3) is 0 Å². The van der Waals surface area contributed by atoms with E-state index < -0.39 is 15.3 Å². The first-order valence-electron chi connectivity index (χ1n) is 5.60. The number of anilines is 1. The first-order valence-corrected chi connectivity index (χ1v) is 7.15. The van der Waals surface area contributed by atoms with Crippen LogP contribution in [0.1, 0.15) is 18.9 Å². The molecule has 5 nitrogen and oxygen atoms in total. The van der Waals surface area contributed by atoms with E-state index in [9.17, 15) is 8.42 Å². The van der Waals surface area contributed by atoms with Crippen molar-refractivity contribution in [3.8, 4) is 17.9 Å². The van der Waals surface area contributed by atoms with Gasteiger partial charge in [0.05, 0.1) is 12.7 Å². The molecule has 1 rings (SSSR count). The standard InChI is InChI=1S/C13H14N2O3S/c1-11(10-14)19(17,18)15-13-7-5-12(6-8-13)4-2-3-9-16/h5-8,11,15-16H,3,9H2,1H3. The van der Waals surface area contributed by atoms with Gasteiger partial charge in [-0.05, 0) is 31.2 Å². The lowest BCUT2D eigenvalue weighted by atomic mass is 10.2. The van der Waals surface area contributed by atoms with Gasteiger partial charge in [0.2, 0.25) is 10.0 Å². The van der Waals surface area contributed by atoms with Gasteiger partial charge >= 0.3 is 0 Å². The summed E-state index contributed by atoms with van der Waals surface area (Å²) in [4.78, 5) is 0. The molecule has 0 saturated heterocycles. The average Bonchev–Trinajstić information content (AvgIpc) is 2.39. The maximum absolute atomic E-state index is 11.6. The summed E-state index contributed by atoms with van der Waals surface area (Å²) in [7, 11) is -3.68. The van der Waals surface area contributed by atoms with E-state index in [1.807, 2.05) is 0 Å². The smallest absolute Gasteiger partial charge is 0.248 e. The quantitative estimate of drug-likeness (QED) is 0.806. The van der Waals surface area contributed by atoms with Gasteiger partial charge in [-0.25, -0.2) is 8.42 Å². The maximum Gasteiger partial charge on any atom is 0.248 e. The van der Waals surface area contributed by atoms with Crippen LogP contribution in [-0.2, 0) is 10.0 Å². The molecule has 1 aromatic rings. The van der Waals surface area contributed by atoms with Crippen molar-refractivity contribution in [1.29, 1.82) is 5.26 Å².